The Balaban J connectivity index is 1.74. The second-order valence-corrected chi connectivity index (χ2v) is 5.69. The largest absolute Gasteiger partial charge is 0.491 e. The van der Waals surface area contributed by atoms with Crippen LogP contribution in [0.25, 0.3) is 11.0 Å². The number of anilines is 1. The van der Waals surface area contributed by atoms with Crippen molar-refractivity contribution in [3.63, 3.8) is 0 Å². The van der Waals surface area contributed by atoms with Gasteiger partial charge in [0.2, 0.25) is 5.95 Å². The van der Waals surface area contributed by atoms with Crippen LogP contribution in [0.15, 0.2) is 48.5 Å². The van der Waals surface area contributed by atoms with E-state index in [-0.39, 0.29) is 6.61 Å². The summed E-state index contributed by atoms with van der Waals surface area (Å²) in [6, 6.07) is 16.1. The number of aromatic nitrogens is 2. The fourth-order valence-corrected chi connectivity index (χ4v) is 2.68. The van der Waals surface area contributed by atoms with Gasteiger partial charge in [0.15, 0.2) is 0 Å². The first-order chi connectivity index (χ1) is 11.8. The highest BCUT2D eigenvalue weighted by atomic mass is 16.5. The van der Waals surface area contributed by atoms with Crippen LogP contribution in [0.3, 0.4) is 0 Å². The predicted octanol–water partition coefficient (Wildman–Crippen LogP) is 3.22. The standard InChI is InChI=1S/C19H23N3O2/c1-15-7-2-5-10-18(15)24-14-12-22-17-9-4-3-8-16(17)21-19(22)20-11-6-13-23/h2-5,7-10,23H,6,11-14H2,1H3,(H,20,21). The van der Waals surface area contributed by atoms with Gasteiger partial charge in [-0.2, -0.15) is 0 Å². The Morgan fingerprint density at radius 2 is 1.92 bits per heavy atom. The van der Waals surface area contributed by atoms with E-state index in [0.717, 1.165) is 28.3 Å². The third-order valence-corrected chi connectivity index (χ3v) is 3.94. The molecule has 0 aliphatic rings. The van der Waals surface area contributed by atoms with Crippen molar-refractivity contribution < 1.29 is 9.84 Å². The van der Waals surface area contributed by atoms with Crippen molar-refractivity contribution in [2.45, 2.75) is 19.9 Å². The topological polar surface area (TPSA) is 59.3 Å². The van der Waals surface area contributed by atoms with E-state index >= 15 is 0 Å². The zero-order valence-corrected chi connectivity index (χ0v) is 13.9. The highest BCUT2D eigenvalue weighted by Gasteiger charge is 2.10. The smallest absolute Gasteiger partial charge is 0.204 e. The summed E-state index contributed by atoms with van der Waals surface area (Å²) in [5.41, 5.74) is 3.17. The summed E-state index contributed by atoms with van der Waals surface area (Å²) in [6.45, 7) is 4.18. The zero-order chi connectivity index (χ0) is 16.8. The van der Waals surface area contributed by atoms with E-state index in [9.17, 15) is 0 Å². The van der Waals surface area contributed by atoms with Gasteiger partial charge in [0.1, 0.15) is 12.4 Å². The molecule has 0 saturated heterocycles. The highest BCUT2D eigenvalue weighted by Crippen LogP contribution is 2.20. The molecule has 0 aliphatic heterocycles. The minimum Gasteiger partial charge on any atom is -0.491 e. The van der Waals surface area contributed by atoms with Gasteiger partial charge in [-0.25, -0.2) is 4.98 Å². The maximum Gasteiger partial charge on any atom is 0.204 e. The molecule has 1 heterocycles. The molecule has 0 atom stereocenters. The first-order valence-electron chi connectivity index (χ1n) is 8.28. The first kappa shape index (κ1) is 16.3. The molecule has 3 rings (SSSR count). The molecule has 0 bridgehead atoms. The Bertz CT molecular complexity index is 798. The SMILES string of the molecule is Cc1ccccc1OCCn1c(NCCCO)nc2ccccc21. The monoisotopic (exact) mass is 325 g/mol. The van der Waals surface area contributed by atoms with E-state index < -0.39 is 0 Å². The van der Waals surface area contributed by atoms with E-state index in [4.69, 9.17) is 9.84 Å². The number of hydrogen-bond donors (Lipinski definition) is 2. The minimum absolute atomic E-state index is 0.170. The highest BCUT2D eigenvalue weighted by molar-refractivity contribution is 5.78. The molecule has 2 aromatic carbocycles. The van der Waals surface area contributed by atoms with E-state index in [1.165, 1.54) is 0 Å². The van der Waals surface area contributed by atoms with Gasteiger partial charge >= 0.3 is 0 Å². The number of aliphatic hydroxyl groups is 1. The Kier molecular flexibility index (Phi) is 5.33. The van der Waals surface area contributed by atoms with Crippen LogP contribution in [0, 0.1) is 6.92 Å². The average Bonchev–Trinajstić information content (AvgIpc) is 2.95. The molecule has 5 nitrogen and oxygen atoms in total. The Morgan fingerprint density at radius 1 is 1.12 bits per heavy atom. The van der Waals surface area contributed by atoms with Crippen LogP contribution in [0.4, 0.5) is 5.95 Å². The molecule has 0 fully saturated rings. The first-order valence-corrected chi connectivity index (χ1v) is 8.28. The van der Waals surface area contributed by atoms with Crippen molar-refractivity contribution >= 4 is 17.0 Å². The number of aryl methyl sites for hydroxylation is 1. The van der Waals surface area contributed by atoms with Gasteiger partial charge in [-0.15, -0.1) is 0 Å². The summed E-state index contributed by atoms with van der Waals surface area (Å²) in [5.74, 6) is 1.73. The van der Waals surface area contributed by atoms with E-state index in [1.54, 1.807) is 0 Å². The van der Waals surface area contributed by atoms with Crippen LogP contribution < -0.4 is 10.1 Å². The van der Waals surface area contributed by atoms with Gasteiger partial charge in [0.25, 0.3) is 0 Å². The number of nitrogens with zero attached hydrogens (tertiary/aromatic N) is 2. The van der Waals surface area contributed by atoms with Crippen molar-refractivity contribution in [1.29, 1.82) is 0 Å². The Morgan fingerprint density at radius 3 is 2.75 bits per heavy atom. The fourth-order valence-electron chi connectivity index (χ4n) is 2.68. The van der Waals surface area contributed by atoms with E-state index in [1.807, 2.05) is 49.4 Å². The fraction of sp³-hybridized carbons (Fsp3) is 0.316. The zero-order valence-electron chi connectivity index (χ0n) is 13.9. The van der Waals surface area contributed by atoms with Crippen molar-refractivity contribution in [2.24, 2.45) is 0 Å². The molecule has 0 unspecified atom stereocenters. The molecule has 0 spiro atoms. The molecular weight excluding hydrogens is 302 g/mol. The van der Waals surface area contributed by atoms with Crippen LogP contribution >= 0.6 is 0 Å². The number of rotatable bonds is 8. The lowest BCUT2D eigenvalue weighted by atomic mass is 10.2. The molecule has 0 saturated carbocycles. The molecule has 1 aromatic heterocycles. The molecule has 0 radical (unpaired) electrons. The maximum atomic E-state index is 8.96. The molecular formula is C19H23N3O2. The van der Waals surface area contributed by atoms with Gasteiger partial charge in [-0.3, -0.25) is 0 Å². The number of fused-ring (bicyclic) bond motifs is 1. The second kappa shape index (κ2) is 7.84. The summed E-state index contributed by atoms with van der Waals surface area (Å²) in [7, 11) is 0. The average molecular weight is 325 g/mol. The number of nitrogens with one attached hydrogen (secondary N) is 1. The lowest BCUT2D eigenvalue weighted by Crippen LogP contribution is -2.14. The van der Waals surface area contributed by atoms with Gasteiger partial charge in [0.05, 0.1) is 17.6 Å². The Hall–Kier alpha value is -2.53. The number of para-hydroxylation sites is 3. The number of ether oxygens (including phenoxy) is 1. The van der Waals surface area contributed by atoms with Gasteiger partial charge in [0, 0.05) is 13.2 Å². The Labute approximate surface area is 141 Å². The number of hydrogen-bond acceptors (Lipinski definition) is 4. The summed E-state index contributed by atoms with van der Waals surface area (Å²) >= 11 is 0. The predicted molar refractivity (Wildman–Crippen MR) is 96.6 cm³/mol. The number of benzene rings is 2. The quantitative estimate of drug-likeness (QED) is 0.624. The summed E-state index contributed by atoms with van der Waals surface area (Å²) in [6.07, 6.45) is 0.697. The van der Waals surface area contributed by atoms with Crippen molar-refractivity contribution in [3.8, 4) is 5.75 Å². The summed E-state index contributed by atoms with van der Waals surface area (Å²) in [5, 5.41) is 12.3. The molecule has 24 heavy (non-hydrogen) atoms. The summed E-state index contributed by atoms with van der Waals surface area (Å²) < 4.78 is 8.05. The molecule has 2 N–H and O–H groups in total. The van der Waals surface area contributed by atoms with E-state index in [2.05, 4.69) is 20.9 Å². The van der Waals surface area contributed by atoms with Gasteiger partial charge in [-0.05, 0) is 37.1 Å². The third kappa shape index (κ3) is 3.68. The van der Waals surface area contributed by atoms with Crippen LogP contribution in [-0.4, -0.2) is 34.4 Å². The van der Waals surface area contributed by atoms with Crippen LogP contribution in [0.1, 0.15) is 12.0 Å². The molecule has 3 aromatic rings. The maximum absolute atomic E-state index is 8.96. The number of aliphatic hydroxyl groups excluding tert-OH is 1. The van der Waals surface area contributed by atoms with Crippen molar-refractivity contribution in [1.82, 2.24) is 9.55 Å². The van der Waals surface area contributed by atoms with Crippen LogP contribution in [0.2, 0.25) is 0 Å². The molecule has 5 heteroatoms. The molecule has 126 valence electrons. The molecule has 0 amide bonds. The van der Waals surface area contributed by atoms with Gasteiger partial charge < -0.3 is 19.7 Å². The van der Waals surface area contributed by atoms with Crippen molar-refractivity contribution in [2.75, 3.05) is 25.1 Å². The normalized spacial score (nSPS) is 10.9. The van der Waals surface area contributed by atoms with Gasteiger partial charge in [-0.1, -0.05) is 30.3 Å². The summed E-state index contributed by atoms with van der Waals surface area (Å²) in [4.78, 5) is 4.64. The van der Waals surface area contributed by atoms with E-state index in [0.29, 0.717) is 26.1 Å². The van der Waals surface area contributed by atoms with Crippen LogP contribution in [-0.2, 0) is 6.54 Å². The van der Waals surface area contributed by atoms with Crippen molar-refractivity contribution in [3.05, 3.63) is 54.1 Å². The molecule has 0 aliphatic carbocycles. The minimum atomic E-state index is 0.170. The number of imidazole rings is 1. The lowest BCUT2D eigenvalue weighted by molar-refractivity contribution is 0.291. The second-order valence-electron chi connectivity index (χ2n) is 5.69. The third-order valence-electron chi connectivity index (χ3n) is 3.94. The lowest BCUT2D eigenvalue weighted by Gasteiger charge is -2.12. The van der Waals surface area contributed by atoms with Crippen LogP contribution in [0.5, 0.6) is 5.75 Å².